The number of aliphatic hydroxyl groups excluding tert-OH is 1. The smallest absolute Gasteiger partial charge is 0.247 e. The number of nitrogens with zero attached hydrogens (tertiary/aromatic N) is 3. The van der Waals surface area contributed by atoms with Gasteiger partial charge in [0, 0.05) is 30.1 Å². The van der Waals surface area contributed by atoms with Crippen molar-refractivity contribution in [3.05, 3.63) is 84.5 Å². The highest BCUT2D eigenvalue weighted by atomic mass is 32.2. The maximum atomic E-state index is 14.9. The maximum Gasteiger partial charge on any atom is 0.247 e. The number of rotatable bonds is 8. The van der Waals surface area contributed by atoms with Crippen LogP contribution in [0.3, 0.4) is 0 Å². The van der Waals surface area contributed by atoms with Gasteiger partial charge in [-0.25, -0.2) is 0 Å². The SMILES string of the molecule is CCOc1ccc(N2CC=C[C@@H]3S[C@]45C=CCN(C6CCCCC6)C(=O)C4N([C@@H](CO)Cc4ccccc4)C(=O)[C@@H]5[C@@H]3C2=O)cc1. The number of hydrogen-bond donors (Lipinski definition) is 1. The number of amides is 3. The second-order valence-electron chi connectivity index (χ2n) is 13.1. The molecule has 5 aliphatic rings. The lowest BCUT2D eigenvalue weighted by molar-refractivity contribution is -0.147. The van der Waals surface area contributed by atoms with Crippen molar-refractivity contribution in [2.45, 2.75) is 73.6 Å². The number of hydrogen-bond acceptors (Lipinski definition) is 6. The number of thioether (sulfide) groups is 1. The van der Waals surface area contributed by atoms with E-state index in [2.05, 4.69) is 18.2 Å². The summed E-state index contributed by atoms with van der Waals surface area (Å²) in [6.07, 6.45) is 13.9. The average molecular weight is 642 g/mol. The Morgan fingerprint density at radius 2 is 1.70 bits per heavy atom. The second-order valence-corrected chi connectivity index (χ2v) is 14.6. The predicted molar refractivity (Wildman–Crippen MR) is 180 cm³/mol. The van der Waals surface area contributed by atoms with Gasteiger partial charge < -0.3 is 24.5 Å². The number of carbonyl (C=O) groups is 3. The Bertz CT molecular complexity index is 1510. The van der Waals surface area contributed by atoms with Crippen LogP contribution in [0.15, 0.2) is 78.9 Å². The highest BCUT2D eigenvalue weighted by Crippen LogP contribution is 2.61. The number of ether oxygens (including phenoxy) is 1. The lowest BCUT2D eigenvalue weighted by Gasteiger charge is -2.41. The lowest BCUT2D eigenvalue weighted by atomic mass is 9.78. The number of carbonyl (C=O) groups excluding carboxylic acids is 3. The Balaban J connectivity index is 1.29. The maximum absolute atomic E-state index is 14.9. The van der Waals surface area contributed by atoms with Crippen LogP contribution in [0, 0.1) is 11.8 Å². The normalized spacial score (nSPS) is 30.1. The van der Waals surface area contributed by atoms with Crippen LogP contribution in [0.25, 0.3) is 0 Å². The van der Waals surface area contributed by atoms with Gasteiger partial charge in [0.05, 0.1) is 35.8 Å². The van der Waals surface area contributed by atoms with E-state index in [0.29, 0.717) is 26.1 Å². The Morgan fingerprint density at radius 3 is 2.41 bits per heavy atom. The first-order valence-corrected chi connectivity index (χ1v) is 17.7. The summed E-state index contributed by atoms with van der Waals surface area (Å²) in [5.74, 6) is -1.02. The van der Waals surface area contributed by atoms with Gasteiger partial charge in [-0.1, -0.05) is 73.9 Å². The minimum Gasteiger partial charge on any atom is -0.494 e. The van der Waals surface area contributed by atoms with Gasteiger partial charge in [-0.3, -0.25) is 14.4 Å². The van der Waals surface area contributed by atoms with E-state index >= 15 is 0 Å². The molecule has 3 amide bonds. The zero-order valence-electron chi connectivity index (χ0n) is 26.4. The number of aliphatic hydroxyl groups is 1. The Morgan fingerprint density at radius 1 is 0.935 bits per heavy atom. The molecule has 6 atom stereocenters. The molecule has 2 saturated heterocycles. The summed E-state index contributed by atoms with van der Waals surface area (Å²) in [7, 11) is 0. The zero-order chi connectivity index (χ0) is 31.8. The van der Waals surface area contributed by atoms with Crippen LogP contribution in [0.2, 0.25) is 0 Å². The van der Waals surface area contributed by atoms with Gasteiger partial charge in [0.1, 0.15) is 11.8 Å². The van der Waals surface area contributed by atoms with E-state index in [1.165, 1.54) is 6.42 Å². The molecule has 8 nitrogen and oxygen atoms in total. The van der Waals surface area contributed by atoms with Crippen molar-refractivity contribution < 1.29 is 24.2 Å². The monoisotopic (exact) mass is 641 g/mol. The molecule has 9 heteroatoms. The lowest BCUT2D eigenvalue weighted by Crippen LogP contribution is -2.58. The first kappa shape index (κ1) is 31.1. The molecule has 46 heavy (non-hydrogen) atoms. The van der Waals surface area contributed by atoms with Crippen LogP contribution >= 0.6 is 11.8 Å². The van der Waals surface area contributed by atoms with Crippen molar-refractivity contribution in [2.75, 3.05) is 31.2 Å². The second kappa shape index (κ2) is 12.9. The van der Waals surface area contributed by atoms with Gasteiger partial charge in [-0.2, -0.15) is 0 Å². The van der Waals surface area contributed by atoms with E-state index in [1.54, 1.807) is 21.6 Å². The quantitative estimate of drug-likeness (QED) is 0.424. The van der Waals surface area contributed by atoms with Crippen LogP contribution in [0.4, 0.5) is 5.69 Å². The summed E-state index contributed by atoms with van der Waals surface area (Å²) in [4.78, 5) is 49.9. The average Bonchev–Trinajstić information content (AvgIpc) is 3.40. The molecule has 1 saturated carbocycles. The number of likely N-dealkylation sites (tertiary alicyclic amines) is 1. The first-order valence-electron chi connectivity index (χ1n) is 16.8. The molecule has 1 aliphatic carbocycles. The number of anilines is 1. The van der Waals surface area contributed by atoms with Crippen LogP contribution < -0.4 is 9.64 Å². The molecule has 1 unspecified atom stereocenters. The molecule has 2 aromatic rings. The summed E-state index contributed by atoms with van der Waals surface area (Å²) in [5, 5.41) is 10.6. The number of fused-ring (bicyclic) bond motifs is 2. The first-order chi connectivity index (χ1) is 22.5. The van der Waals surface area contributed by atoms with E-state index in [9.17, 15) is 19.5 Å². The van der Waals surface area contributed by atoms with E-state index < -0.39 is 28.7 Å². The van der Waals surface area contributed by atoms with Crippen LogP contribution in [0.1, 0.15) is 44.6 Å². The summed E-state index contributed by atoms with van der Waals surface area (Å²) in [5.41, 5.74) is 1.73. The Labute approximate surface area is 275 Å². The minimum atomic E-state index is -0.918. The van der Waals surface area contributed by atoms with Crippen LogP contribution in [0.5, 0.6) is 5.75 Å². The fourth-order valence-electron chi connectivity index (χ4n) is 8.47. The molecule has 7 rings (SSSR count). The van der Waals surface area contributed by atoms with Crippen molar-refractivity contribution in [1.29, 1.82) is 0 Å². The fraction of sp³-hybridized carbons (Fsp3) is 0.486. The molecular formula is C37H43N3O5S. The van der Waals surface area contributed by atoms with Crippen molar-refractivity contribution in [1.82, 2.24) is 9.80 Å². The highest BCUT2D eigenvalue weighted by molar-refractivity contribution is 8.02. The van der Waals surface area contributed by atoms with E-state index in [4.69, 9.17) is 4.74 Å². The van der Waals surface area contributed by atoms with Gasteiger partial charge in [0.15, 0.2) is 0 Å². The molecule has 242 valence electrons. The minimum absolute atomic E-state index is 0.0528. The van der Waals surface area contributed by atoms with Crippen molar-refractivity contribution in [3.63, 3.8) is 0 Å². The molecule has 1 spiro atoms. The molecule has 0 radical (unpaired) electrons. The fourth-order valence-corrected chi connectivity index (χ4v) is 10.5. The van der Waals surface area contributed by atoms with Crippen molar-refractivity contribution in [3.8, 4) is 5.75 Å². The molecule has 2 aromatic carbocycles. The van der Waals surface area contributed by atoms with E-state index in [-0.39, 0.29) is 35.6 Å². The standard InChI is InChI=1S/C37H43N3O5S/c1-2-45-29-18-16-27(17-19-29)38-21-9-15-30-31(34(38)42)32-35(43)40(28(24-41)23-25-11-5-3-6-12-25)33-36(44)39(26-13-7-4-8-14-26)22-10-20-37(32,33)46-30/h3,5-6,9-12,15-20,26,28,30-33,41H,2,4,7-8,13-14,21-24H2,1H3/t28-,30+,31-,32+,33?,37+/m1/s1. The van der Waals surface area contributed by atoms with Crippen LogP contribution in [-0.2, 0) is 20.8 Å². The molecule has 4 aliphatic heterocycles. The van der Waals surface area contributed by atoms with Gasteiger partial charge in [-0.15, -0.1) is 11.8 Å². The Kier molecular flexibility index (Phi) is 8.72. The molecule has 4 heterocycles. The molecule has 1 N–H and O–H groups in total. The van der Waals surface area contributed by atoms with Gasteiger partial charge in [-0.05, 0) is 56.0 Å². The summed E-state index contributed by atoms with van der Waals surface area (Å²) in [6, 6.07) is 16.1. The van der Waals surface area contributed by atoms with Gasteiger partial charge in [0.2, 0.25) is 17.7 Å². The number of benzene rings is 2. The summed E-state index contributed by atoms with van der Waals surface area (Å²) >= 11 is 1.59. The van der Waals surface area contributed by atoms with Crippen molar-refractivity contribution >= 4 is 35.2 Å². The third kappa shape index (κ3) is 5.25. The van der Waals surface area contributed by atoms with Crippen LogP contribution in [-0.4, -0.2) is 87.1 Å². The molecule has 0 bridgehead atoms. The molecule has 3 fully saturated rings. The summed E-state index contributed by atoms with van der Waals surface area (Å²) < 4.78 is 4.71. The van der Waals surface area contributed by atoms with Gasteiger partial charge >= 0.3 is 0 Å². The Hall–Kier alpha value is -3.56. The highest BCUT2D eigenvalue weighted by Gasteiger charge is 2.72. The largest absolute Gasteiger partial charge is 0.494 e. The van der Waals surface area contributed by atoms with Gasteiger partial charge in [0.25, 0.3) is 0 Å². The molecule has 0 aromatic heterocycles. The van der Waals surface area contributed by atoms with Crippen molar-refractivity contribution in [2.24, 2.45) is 11.8 Å². The van der Waals surface area contributed by atoms with E-state index in [1.807, 2.05) is 72.5 Å². The molecular weight excluding hydrogens is 598 g/mol. The topological polar surface area (TPSA) is 90.4 Å². The zero-order valence-corrected chi connectivity index (χ0v) is 27.2. The third-order valence-electron chi connectivity index (χ3n) is 10.5. The summed E-state index contributed by atoms with van der Waals surface area (Å²) in [6.45, 7) is 3.11. The predicted octanol–water partition coefficient (Wildman–Crippen LogP) is 4.62. The third-order valence-corrected chi connectivity index (χ3v) is 12.3. The van der Waals surface area contributed by atoms with E-state index in [0.717, 1.165) is 42.7 Å².